The van der Waals surface area contributed by atoms with E-state index in [9.17, 15) is 4.79 Å². The van der Waals surface area contributed by atoms with Crippen LogP contribution in [0.15, 0.2) is 23.2 Å². The lowest BCUT2D eigenvalue weighted by Gasteiger charge is -2.22. The van der Waals surface area contributed by atoms with Gasteiger partial charge in [0.2, 0.25) is 0 Å². The topological polar surface area (TPSA) is 56.8 Å². The molecule has 138 valence electrons. The number of ether oxygens (including phenoxy) is 3. The molecule has 0 bridgehead atoms. The summed E-state index contributed by atoms with van der Waals surface area (Å²) in [4.78, 5) is 11.7. The SMILES string of the molecule is CCCOC1=C(OCCC)CCC(CCNC(=O)OC(C)(C)C)=C1. The van der Waals surface area contributed by atoms with Gasteiger partial charge in [0.25, 0.3) is 0 Å². The van der Waals surface area contributed by atoms with E-state index in [4.69, 9.17) is 14.2 Å². The lowest BCUT2D eigenvalue weighted by Crippen LogP contribution is -2.33. The molecule has 0 aliphatic heterocycles. The number of hydrogen-bond acceptors (Lipinski definition) is 4. The van der Waals surface area contributed by atoms with Crippen molar-refractivity contribution < 1.29 is 19.0 Å². The maximum atomic E-state index is 11.7. The molecular formula is C19H33NO4. The van der Waals surface area contributed by atoms with Gasteiger partial charge < -0.3 is 19.5 Å². The molecule has 0 aromatic carbocycles. The van der Waals surface area contributed by atoms with Crippen LogP contribution in [0, 0.1) is 0 Å². The van der Waals surface area contributed by atoms with E-state index in [0.717, 1.165) is 50.2 Å². The highest BCUT2D eigenvalue weighted by molar-refractivity contribution is 5.67. The molecule has 0 fully saturated rings. The lowest BCUT2D eigenvalue weighted by molar-refractivity contribution is 0.0528. The van der Waals surface area contributed by atoms with Gasteiger partial charge in [0.15, 0.2) is 5.76 Å². The first-order valence-corrected chi connectivity index (χ1v) is 9.00. The fourth-order valence-corrected chi connectivity index (χ4v) is 2.27. The van der Waals surface area contributed by atoms with Crippen molar-refractivity contribution in [3.8, 4) is 0 Å². The molecule has 0 atom stereocenters. The van der Waals surface area contributed by atoms with Crippen LogP contribution in [0.2, 0.25) is 0 Å². The average Bonchev–Trinajstić information content (AvgIpc) is 2.50. The molecule has 1 amide bonds. The van der Waals surface area contributed by atoms with Gasteiger partial charge >= 0.3 is 6.09 Å². The zero-order chi connectivity index (χ0) is 18.0. The van der Waals surface area contributed by atoms with E-state index in [1.807, 2.05) is 20.8 Å². The molecule has 0 aromatic rings. The maximum absolute atomic E-state index is 11.7. The summed E-state index contributed by atoms with van der Waals surface area (Å²) in [7, 11) is 0. The van der Waals surface area contributed by atoms with E-state index in [1.165, 1.54) is 5.57 Å². The first-order valence-electron chi connectivity index (χ1n) is 9.00. The van der Waals surface area contributed by atoms with Crippen LogP contribution in [0.5, 0.6) is 0 Å². The minimum Gasteiger partial charge on any atom is -0.494 e. The first-order chi connectivity index (χ1) is 11.4. The standard InChI is InChI=1S/C19H33NO4/c1-6-12-22-16-9-8-15(14-17(16)23-13-7-2)10-11-20-18(21)24-19(3,4)5/h14H,6-13H2,1-5H3,(H,20,21). The van der Waals surface area contributed by atoms with Gasteiger partial charge in [-0.25, -0.2) is 4.79 Å². The predicted molar refractivity (Wildman–Crippen MR) is 95.7 cm³/mol. The first kappa shape index (κ1) is 20.4. The summed E-state index contributed by atoms with van der Waals surface area (Å²) < 4.78 is 16.9. The van der Waals surface area contributed by atoms with Gasteiger partial charge in [-0.2, -0.15) is 0 Å². The number of alkyl carbamates (subject to hydrolysis) is 1. The van der Waals surface area contributed by atoms with Gasteiger partial charge in [-0.1, -0.05) is 19.4 Å². The van der Waals surface area contributed by atoms with Gasteiger partial charge in [0.05, 0.1) is 13.2 Å². The maximum Gasteiger partial charge on any atom is 0.407 e. The Morgan fingerprint density at radius 3 is 2.42 bits per heavy atom. The van der Waals surface area contributed by atoms with Crippen molar-refractivity contribution in [2.24, 2.45) is 0 Å². The lowest BCUT2D eigenvalue weighted by atomic mass is 9.99. The van der Waals surface area contributed by atoms with Crippen molar-refractivity contribution in [3.05, 3.63) is 23.2 Å². The van der Waals surface area contributed by atoms with Crippen LogP contribution in [-0.2, 0) is 14.2 Å². The molecule has 1 N–H and O–H groups in total. The van der Waals surface area contributed by atoms with Crippen molar-refractivity contribution in [1.82, 2.24) is 5.32 Å². The molecule has 1 aliphatic carbocycles. The Hall–Kier alpha value is -1.65. The van der Waals surface area contributed by atoms with Crippen LogP contribution < -0.4 is 5.32 Å². The highest BCUT2D eigenvalue weighted by atomic mass is 16.6. The van der Waals surface area contributed by atoms with Crippen LogP contribution in [0.4, 0.5) is 4.79 Å². The smallest absolute Gasteiger partial charge is 0.407 e. The summed E-state index contributed by atoms with van der Waals surface area (Å²) in [5, 5.41) is 2.80. The quantitative estimate of drug-likeness (QED) is 0.662. The summed E-state index contributed by atoms with van der Waals surface area (Å²) in [6.07, 6.45) is 6.24. The van der Waals surface area contributed by atoms with Crippen molar-refractivity contribution in [3.63, 3.8) is 0 Å². The molecule has 0 heterocycles. The van der Waals surface area contributed by atoms with Crippen LogP contribution in [0.25, 0.3) is 0 Å². The fraction of sp³-hybridized carbons (Fsp3) is 0.737. The van der Waals surface area contributed by atoms with E-state index in [1.54, 1.807) is 0 Å². The van der Waals surface area contributed by atoms with Crippen LogP contribution in [0.3, 0.4) is 0 Å². The summed E-state index contributed by atoms with van der Waals surface area (Å²) in [6.45, 7) is 11.7. The van der Waals surface area contributed by atoms with Crippen LogP contribution >= 0.6 is 0 Å². The summed E-state index contributed by atoms with van der Waals surface area (Å²) in [5.41, 5.74) is 0.796. The molecule has 1 rings (SSSR count). The number of rotatable bonds is 9. The fourth-order valence-electron chi connectivity index (χ4n) is 2.27. The van der Waals surface area contributed by atoms with Crippen molar-refractivity contribution in [2.75, 3.05) is 19.8 Å². The largest absolute Gasteiger partial charge is 0.494 e. The van der Waals surface area contributed by atoms with Gasteiger partial charge in [0, 0.05) is 13.0 Å². The third kappa shape index (κ3) is 8.27. The summed E-state index contributed by atoms with van der Waals surface area (Å²) in [5.74, 6) is 1.80. The number of allylic oxidation sites excluding steroid dienone is 2. The summed E-state index contributed by atoms with van der Waals surface area (Å²) >= 11 is 0. The Bertz CT molecular complexity index is 460. The Morgan fingerprint density at radius 2 is 1.79 bits per heavy atom. The van der Waals surface area contributed by atoms with E-state index < -0.39 is 5.60 Å². The predicted octanol–water partition coefficient (Wildman–Crippen LogP) is 4.69. The zero-order valence-corrected chi connectivity index (χ0v) is 15.9. The van der Waals surface area contributed by atoms with E-state index in [-0.39, 0.29) is 6.09 Å². The molecule has 0 spiro atoms. The van der Waals surface area contributed by atoms with Gasteiger partial charge in [-0.15, -0.1) is 0 Å². The van der Waals surface area contributed by atoms with Crippen molar-refractivity contribution in [1.29, 1.82) is 0 Å². The zero-order valence-electron chi connectivity index (χ0n) is 15.9. The minimum absolute atomic E-state index is 0.371. The molecule has 0 radical (unpaired) electrons. The van der Waals surface area contributed by atoms with E-state index >= 15 is 0 Å². The van der Waals surface area contributed by atoms with Gasteiger partial charge in [-0.3, -0.25) is 0 Å². The van der Waals surface area contributed by atoms with Crippen LogP contribution in [0.1, 0.15) is 66.7 Å². The second kappa shape index (κ2) is 10.3. The third-order valence-corrected chi connectivity index (χ3v) is 3.34. The average molecular weight is 339 g/mol. The summed E-state index contributed by atoms with van der Waals surface area (Å²) in [6, 6.07) is 0. The van der Waals surface area contributed by atoms with E-state index in [0.29, 0.717) is 13.2 Å². The van der Waals surface area contributed by atoms with Gasteiger partial charge in [0.1, 0.15) is 11.4 Å². The van der Waals surface area contributed by atoms with E-state index in [2.05, 4.69) is 25.2 Å². The number of hydrogen-bond donors (Lipinski definition) is 1. The number of carbonyl (C=O) groups excluding carboxylic acids is 1. The molecule has 0 saturated carbocycles. The molecule has 0 unspecified atom stereocenters. The minimum atomic E-state index is -0.469. The second-order valence-electron chi connectivity index (χ2n) is 6.97. The number of amides is 1. The van der Waals surface area contributed by atoms with Crippen molar-refractivity contribution in [2.45, 2.75) is 72.3 Å². The molecule has 5 nitrogen and oxygen atoms in total. The normalized spacial score (nSPS) is 15.0. The molecule has 0 saturated heterocycles. The highest BCUT2D eigenvalue weighted by Crippen LogP contribution is 2.27. The Kier molecular flexibility index (Phi) is 8.72. The molecular weight excluding hydrogens is 306 g/mol. The molecule has 24 heavy (non-hydrogen) atoms. The van der Waals surface area contributed by atoms with Crippen LogP contribution in [-0.4, -0.2) is 31.5 Å². The Morgan fingerprint density at radius 1 is 1.12 bits per heavy atom. The molecule has 5 heteroatoms. The highest BCUT2D eigenvalue weighted by Gasteiger charge is 2.18. The third-order valence-electron chi connectivity index (χ3n) is 3.34. The second-order valence-corrected chi connectivity index (χ2v) is 6.97. The number of carbonyl (C=O) groups is 1. The molecule has 0 aromatic heterocycles. The molecule has 1 aliphatic rings. The van der Waals surface area contributed by atoms with Crippen molar-refractivity contribution >= 4 is 6.09 Å². The van der Waals surface area contributed by atoms with Gasteiger partial charge in [-0.05, 0) is 52.5 Å². The number of nitrogens with one attached hydrogen (secondary N) is 1. The Labute approximate surface area is 146 Å². The Balaban J connectivity index is 2.54. The monoisotopic (exact) mass is 339 g/mol.